The van der Waals surface area contributed by atoms with Crippen LogP contribution in [0.2, 0.25) is 0 Å². The second-order valence-electron chi connectivity index (χ2n) is 5.48. The Labute approximate surface area is 123 Å². The van der Waals surface area contributed by atoms with E-state index in [2.05, 4.69) is 44.0 Å². The van der Waals surface area contributed by atoms with Gasteiger partial charge in [-0.05, 0) is 38.9 Å². The van der Waals surface area contributed by atoms with Crippen LogP contribution in [0.25, 0.3) is 0 Å². The smallest absolute Gasteiger partial charge is 0.145 e. The maximum Gasteiger partial charge on any atom is 0.145 e. The number of nitrogens with one attached hydrogen (secondary N) is 1. The van der Waals surface area contributed by atoms with Gasteiger partial charge in [0.1, 0.15) is 5.54 Å². The third-order valence-corrected chi connectivity index (χ3v) is 3.62. The molecule has 20 heavy (non-hydrogen) atoms. The highest BCUT2D eigenvalue weighted by Crippen LogP contribution is 2.23. The summed E-state index contributed by atoms with van der Waals surface area (Å²) in [5.41, 5.74) is 0.418. The molecule has 0 aliphatic rings. The molecule has 0 heterocycles. The maximum atomic E-state index is 9.82. The van der Waals surface area contributed by atoms with Gasteiger partial charge < -0.3 is 0 Å². The quantitative estimate of drug-likeness (QED) is 0.791. The van der Waals surface area contributed by atoms with Gasteiger partial charge in [-0.2, -0.15) is 5.26 Å². The molecule has 3 heteroatoms. The summed E-state index contributed by atoms with van der Waals surface area (Å²) in [6.45, 7) is 11.1. The number of likely N-dealkylation sites (N-methyl/N-ethyl adjacent to an activating group) is 1. The van der Waals surface area contributed by atoms with Crippen molar-refractivity contribution < 1.29 is 0 Å². The normalized spacial score (nSPS) is 14.2. The molecule has 0 aliphatic carbocycles. The van der Waals surface area contributed by atoms with Crippen molar-refractivity contribution in [3.8, 4) is 6.07 Å². The molecule has 1 N–H and O–H groups in total. The van der Waals surface area contributed by atoms with Gasteiger partial charge in [0.25, 0.3) is 0 Å². The summed E-state index contributed by atoms with van der Waals surface area (Å²) in [7, 11) is 0. The predicted octanol–water partition coefficient (Wildman–Crippen LogP) is 3.14. The van der Waals surface area contributed by atoms with Crippen molar-refractivity contribution in [3.63, 3.8) is 0 Å². The summed E-state index contributed by atoms with van der Waals surface area (Å²) in [6, 6.07) is 13.0. The Bertz CT molecular complexity index is 422. The molecule has 1 unspecified atom stereocenters. The Morgan fingerprint density at radius 3 is 2.35 bits per heavy atom. The van der Waals surface area contributed by atoms with E-state index in [1.807, 2.05) is 30.3 Å². The molecule has 1 aromatic carbocycles. The van der Waals surface area contributed by atoms with Crippen molar-refractivity contribution in [2.45, 2.75) is 45.7 Å². The molecule has 0 aromatic heterocycles. The Morgan fingerprint density at radius 2 is 1.90 bits per heavy atom. The van der Waals surface area contributed by atoms with Gasteiger partial charge >= 0.3 is 0 Å². The lowest BCUT2D eigenvalue weighted by Crippen LogP contribution is -2.52. The van der Waals surface area contributed by atoms with Crippen LogP contribution in [-0.4, -0.2) is 30.6 Å². The third kappa shape index (κ3) is 4.06. The van der Waals surface area contributed by atoms with E-state index < -0.39 is 5.54 Å². The topological polar surface area (TPSA) is 39.1 Å². The number of hydrogen-bond donors (Lipinski definition) is 1. The molecule has 0 bridgehead atoms. The van der Waals surface area contributed by atoms with Crippen molar-refractivity contribution in [1.82, 2.24) is 10.2 Å². The van der Waals surface area contributed by atoms with Crippen molar-refractivity contribution in [1.29, 1.82) is 5.26 Å². The molecule has 0 aliphatic heterocycles. The SMILES string of the molecule is CCCN(CC(C#N)(NCC)c1ccccc1)C(C)C. The first-order valence-corrected chi connectivity index (χ1v) is 7.55. The summed E-state index contributed by atoms with van der Waals surface area (Å²) in [5, 5.41) is 13.2. The number of rotatable bonds is 8. The van der Waals surface area contributed by atoms with Crippen LogP contribution in [-0.2, 0) is 5.54 Å². The van der Waals surface area contributed by atoms with E-state index in [9.17, 15) is 5.26 Å². The van der Waals surface area contributed by atoms with E-state index in [1.165, 1.54) is 0 Å². The Kier molecular flexibility index (Phi) is 6.70. The lowest BCUT2D eigenvalue weighted by atomic mass is 9.90. The molecule has 0 saturated heterocycles. The molecule has 0 spiro atoms. The summed E-state index contributed by atoms with van der Waals surface area (Å²) >= 11 is 0. The van der Waals surface area contributed by atoms with E-state index in [0.717, 1.165) is 25.1 Å². The Hall–Kier alpha value is -1.37. The van der Waals surface area contributed by atoms with Gasteiger partial charge in [-0.3, -0.25) is 10.2 Å². The molecule has 0 fully saturated rings. The van der Waals surface area contributed by atoms with E-state index in [0.29, 0.717) is 12.6 Å². The zero-order valence-electron chi connectivity index (χ0n) is 13.2. The van der Waals surface area contributed by atoms with Gasteiger partial charge in [-0.15, -0.1) is 0 Å². The first kappa shape index (κ1) is 16.7. The highest BCUT2D eigenvalue weighted by molar-refractivity contribution is 5.32. The standard InChI is InChI=1S/C17H27N3/c1-5-12-20(15(3)4)14-17(13-18,19-6-2)16-10-8-7-9-11-16/h7-11,15,19H,5-6,12,14H2,1-4H3. The van der Waals surface area contributed by atoms with Crippen molar-refractivity contribution in [2.24, 2.45) is 0 Å². The number of benzene rings is 1. The molecular weight excluding hydrogens is 246 g/mol. The van der Waals surface area contributed by atoms with Gasteiger partial charge in [-0.1, -0.05) is 44.2 Å². The summed E-state index contributed by atoms with van der Waals surface area (Å²) in [4.78, 5) is 2.37. The minimum atomic E-state index is -0.630. The van der Waals surface area contributed by atoms with Crippen LogP contribution in [0.1, 0.15) is 39.7 Å². The van der Waals surface area contributed by atoms with Crippen molar-refractivity contribution in [3.05, 3.63) is 35.9 Å². The largest absolute Gasteiger partial charge is 0.298 e. The zero-order valence-corrected chi connectivity index (χ0v) is 13.2. The average Bonchev–Trinajstić information content (AvgIpc) is 2.46. The van der Waals surface area contributed by atoms with Crippen LogP contribution < -0.4 is 5.32 Å². The molecule has 0 saturated carbocycles. The molecule has 0 amide bonds. The van der Waals surface area contributed by atoms with E-state index in [1.54, 1.807) is 0 Å². The van der Waals surface area contributed by atoms with Crippen LogP contribution in [0.5, 0.6) is 0 Å². The first-order valence-electron chi connectivity index (χ1n) is 7.55. The number of nitrogens with zero attached hydrogens (tertiary/aromatic N) is 2. The summed E-state index contributed by atoms with van der Waals surface area (Å²) in [5.74, 6) is 0. The van der Waals surface area contributed by atoms with Crippen LogP contribution in [0, 0.1) is 11.3 Å². The van der Waals surface area contributed by atoms with Crippen LogP contribution in [0.4, 0.5) is 0 Å². The fourth-order valence-corrected chi connectivity index (χ4v) is 2.52. The van der Waals surface area contributed by atoms with Gasteiger partial charge in [0.2, 0.25) is 0 Å². The molecule has 1 rings (SSSR count). The summed E-state index contributed by atoms with van der Waals surface area (Å²) in [6.07, 6.45) is 1.10. The number of nitriles is 1. The first-order chi connectivity index (χ1) is 9.59. The molecular formula is C17H27N3. The van der Waals surface area contributed by atoms with Crippen molar-refractivity contribution in [2.75, 3.05) is 19.6 Å². The van der Waals surface area contributed by atoms with Gasteiger partial charge in [0.15, 0.2) is 0 Å². The second kappa shape index (κ2) is 8.04. The highest BCUT2D eigenvalue weighted by atomic mass is 15.2. The molecule has 110 valence electrons. The van der Waals surface area contributed by atoms with Crippen LogP contribution in [0.3, 0.4) is 0 Å². The number of hydrogen-bond acceptors (Lipinski definition) is 3. The fourth-order valence-electron chi connectivity index (χ4n) is 2.52. The monoisotopic (exact) mass is 273 g/mol. The van der Waals surface area contributed by atoms with E-state index in [-0.39, 0.29) is 0 Å². The average molecular weight is 273 g/mol. The lowest BCUT2D eigenvalue weighted by Gasteiger charge is -2.36. The van der Waals surface area contributed by atoms with Gasteiger partial charge in [0.05, 0.1) is 6.07 Å². The fraction of sp³-hybridized carbons (Fsp3) is 0.588. The zero-order chi connectivity index (χ0) is 15.0. The molecule has 1 aromatic rings. The molecule has 3 nitrogen and oxygen atoms in total. The minimum absolute atomic E-state index is 0.435. The van der Waals surface area contributed by atoms with E-state index in [4.69, 9.17) is 0 Å². The minimum Gasteiger partial charge on any atom is -0.298 e. The molecule has 0 radical (unpaired) electrons. The Balaban J connectivity index is 3.08. The highest BCUT2D eigenvalue weighted by Gasteiger charge is 2.34. The second-order valence-corrected chi connectivity index (χ2v) is 5.48. The lowest BCUT2D eigenvalue weighted by molar-refractivity contribution is 0.173. The van der Waals surface area contributed by atoms with Gasteiger partial charge in [0, 0.05) is 12.6 Å². The van der Waals surface area contributed by atoms with Gasteiger partial charge in [-0.25, -0.2) is 0 Å². The van der Waals surface area contributed by atoms with E-state index >= 15 is 0 Å². The summed E-state index contributed by atoms with van der Waals surface area (Å²) < 4.78 is 0. The van der Waals surface area contributed by atoms with Crippen LogP contribution in [0.15, 0.2) is 30.3 Å². The van der Waals surface area contributed by atoms with Crippen LogP contribution >= 0.6 is 0 Å². The maximum absolute atomic E-state index is 9.82. The molecule has 1 atom stereocenters. The van der Waals surface area contributed by atoms with Crippen molar-refractivity contribution >= 4 is 0 Å². The Morgan fingerprint density at radius 1 is 1.25 bits per heavy atom. The predicted molar refractivity (Wildman–Crippen MR) is 84.4 cm³/mol. The third-order valence-electron chi connectivity index (χ3n) is 3.62.